The van der Waals surface area contributed by atoms with Crippen molar-refractivity contribution in [1.29, 1.82) is 0 Å². The van der Waals surface area contributed by atoms with Crippen LogP contribution in [0.15, 0.2) is 40.9 Å². The number of amides is 2. The zero-order valence-electron chi connectivity index (χ0n) is 15.4. The van der Waals surface area contributed by atoms with Crippen molar-refractivity contribution in [3.63, 3.8) is 0 Å². The lowest BCUT2D eigenvalue weighted by atomic mass is 9.94. The highest BCUT2D eigenvalue weighted by Gasteiger charge is 2.47. The maximum Gasteiger partial charge on any atom is 0.276 e. The SMILES string of the molecule is Cc1cc(C(=O)N2CCC(=O)N(Cc3ccccc3)C3(CCOC3)C2)no1. The molecule has 2 aromatic rings. The number of carbonyl (C=O) groups is 2. The third-order valence-electron chi connectivity index (χ3n) is 5.35. The molecule has 0 N–H and O–H groups in total. The Morgan fingerprint density at radius 1 is 1.30 bits per heavy atom. The first-order valence-corrected chi connectivity index (χ1v) is 9.22. The fourth-order valence-corrected chi connectivity index (χ4v) is 3.91. The molecule has 142 valence electrons. The molecule has 0 bridgehead atoms. The van der Waals surface area contributed by atoms with Crippen LogP contribution in [-0.4, -0.2) is 58.6 Å². The van der Waals surface area contributed by atoms with Gasteiger partial charge in [-0.1, -0.05) is 35.5 Å². The van der Waals surface area contributed by atoms with Gasteiger partial charge in [0.05, 0.1) is 12.1 Å². The van der Waals surface area contributed by atoms with Crippen LogP contribution in [0.5, 0.6) is 0 Å². The number of aromatic nitrogens is 1. The molecule has 27 heavy (non-hydrogen) atoms. The van der Waals surface area contributed by atoms with Crippen LogP contribution in [0, 0.1) is 6.92 Å². The van der Waals surface area contributed by atoms with Crippen molar-refractivity contribution < 1.29 is 18.8 Å². The minimum absolute atomic E-state index is 0.0518. The first-order chi connectivity index (χ1) is 13.1. The van der Waals surface area contributed by atoms with E-state index in [2.05, 4.69) is 5.16 Å². The van der Waals surface area contributed by atoms with E-state index >= 15 is 0 Å². The van der Waals surface area contributed by atoms with Crippen LogP contribution in [0.4, 0.5) is 0 Å². The Balaban J connectivity index is 1.62. The number of nitrogens with zero attached hydrogens (tertiary/aromatic N) is 3. The summed E-state index contributed by atoms with van der Waals surface area (Å²) in [5, 5.41) is 3.85. The van der Waals surface area contributed by atoms with Gasteiger partial charge in [-0.15, -0.1) is 0 Å². The second-order valence-electron chi connectivity index (χ2n) is 7.29. The standard InChI is InChI=1S/C20H23N3O4/c1-15-11-17(21-27-15)19(25)22-9-7-18(24)23(12-16-5-3-2-4-6-16)20(13-22)8-10-26-14-20/h2-6,11H,7-10,12-14H2,1H3. The highest BCUT2D eigenvalue weighted by Crippen LogP contribution is 2.32. The van der Waals surface area contributed by atoms with Crippen LogP contribution < -0.4 is 0 Å². The van der Waals surface area contributed by atoms with E-state index in [0.717, 1.165) is 5.56 Å². The van der Waals surface area contributed by atoms with E-state index in [9.17, 15) is 9.59 Å². The van der Waals surface area contributed by atoms with Crippen LogP contribution >= 0.6 is 0 Å². The Morgan fingerprint density at radius 3 is 2.78 bits per heavy atom. The fraction of sp³-hybridized carbons (Fsp3) is 0.450. The molecule has 3 heterocycles. The number of hydrogen-bond donors (Lipinski definition) is 0. The van der Waals surface area contributed by atoms with Crippen molar-refractivity contribution in [2.75, 3.05) is 26.3 Å². The third kappa shape index (κ3) is 3.47. The highest BCUT2D eigenvalue weighted by atomic mass is 16.5. The molecular formula is C20H23N3O4. The summed E-state index contributed by atoms with van der Waals surface area (Å²) in [4.78, 5) is 29.5. The summed E-state index contributed by atoms with van der Waals surface area (Å²) in [5.41, 5.74) is 0.854. The third-order valence-corrected chi connectivity index (χ3v) is 5.35. The molecule has 1 aromatic carbocycles. The molecule has 7 heteroatoms. The summed E-state index contributed by atoms with van der Waals surface area (Å²) in [7, 11) is 0. The molecule has 1 spiro atoms. The number of carbonyl (C=O) groups excluding carboxylic acids is 2. The number of benzene rings is 1. The zero-order valence-corrected chi connectivity index (χ0v) is 15.4. The largest absolute Gasteiger partial charge is 0.379 e. The smallest absolute Gasteiger partial charge is 0.276 e. The van der Waals surface area contributed by atoms with E-state index < -0.39 is 5.54 Å². The van der Waals surface area contributed by atoms with Gasteiger partial charge in [0.25, 0.3) is 5.91 Å². The number of ether oxygens (including phenoxy) is 1. The molecule has 1 atom stereocenters. The highest BCUT2D eigenvalue weighted by molar-refractivity contribution is 5.93. The predicted octanol–water partition coefficient (Wildman–Crippen LogP) is 2.02. The average molecular weight is 369 g/mol. The predicted molar refractivity (Wildman–Crippen MR) is 96.9 cm³/mol. The van der Waals surface area contributed by atoms with Gasteiger partial charge < -0.3 is 19.1 Å². The minimum Gasteiger partial charge on any atom is -0.379 e. The molecule has 0 saturated carbocycles. The lowest BCUT2D eigenvalue weighted by Gasteiger charge is -2.40. The van der Waals surface area contributed by atoms with Gasteiger partial charge in [0.2, 0.25) is 5.91 Å². The summed E-state index contributed by atoms with van der Waals surface area (Å²) in [6, 6.07) is 11.6. The van der Waals surface area contributed by atoms with Crippen molar-refractivity contribution in [3.05, 3.63) is 53.4 Å². The van der Waals surface area contributed by atoms with E-state index in [1.165, 1.54) is 0 Å². The minimum atomic E-state index is -0.502. The lowest BCUT2D eigenvalue weighted by Crippen LogP contribution is -2.56. The quantitative estimate of drug-likeness (QED) is 0.827. The molecule has 0 radical (unpaired) electrons. The van der Waals surface area contributed by atoms with Crippen LogP contribution in [0.25, 0.3) is 0 Å². The van der Waals surface area contributed by atoms with Crippen LogP contribution in [0.3, 0.4) is 0 Å². The summed E-state index contributed by atoms with van der Waals surface area (Å²) in [6.07, 6.45) is 1.00. The van der Waals surface area contributed by atoms with E-state index in [4.69, 9.17) is 9.26 Å². The summed E-state index contributed by atoms with van der Waals surface area (Å²) >= 11 is 0. The Labute approximate surface area is 157 Å². The Morgan fingerprint density at radius 2 is 2.11 bits per heavy atom. The van der Waals surface area contributed by atoms with Gasteiger partial charge in [-0.3, -0.25) is 9.59 Å². The fourth-order valence-electron chi connectivity index (χ4n) is 3.91. The molecule has 2 amide bonds. The van der Waals surface area contributed by atoms with Crippen molar-refractivity contribution in [1.82, 2.24) is 15.0 Å². The van der Waals surface area contributed by atoms with Crippen LogP contribution in [0.1, 0.15) is 34.7 Å². The second kappa shape index (κ2) is 7.15. The van der Waals surface area contributed by atoms with Gasteiger partial charge in [-0.05, 0) is 18.9 Å². The normalized spacial score (nSPS) is 23.1. The van der Waals surface area contributed by atoms with Crippen molar-refractivity contribution in [2.24, 2.45) is 0 Å². The first kappa shape index (κ1) is 17.7. The van der Waals surface area contributed by atoms with Gasteiger partial charge in [-0.25, -0.2) is 0 Å². The lowest BCUT2D eigenvalue weighted by molar-refractivity contribution is -0.137. The van der Waals surface area contributed by atoms with Crippen molar-refractivity contribution in [2.45, 2.75) is 31.8 Å². The van der Waals surface area contributed by atoms with Gasteiger partial charge in [0, 0.05) is 38.7 Å². The van der Waals surface area contributed by atoms with Crippen molar-refractivity contribution in [3.8, 4) is 0 Å². The number of aryl methyl sites for hydroxylation is 1. The molecule has 2 saturated heterocycles. The summed E-state index contributed by atoms with van der Waals surface area (Å²) in [5.74, 6) is 0.442. The molecule has 2 aliphatic heterocycles. The summed E-state index contributed by atoms with van der Waals surface area (Å²) < 4.78 is 10.7. The van der Waals surface area contributed by atoms with Crippen LogP contribution in [0.2, 0.25) is 0 Å². The molecule has 4 rings (SSSR count). The van der Waals surface area contributed by atoms with E-state index in [1.807, 2.05) is 35.2 Å². The number of rotatable bonds is 3. The summed E-state index contributed by atoms with van der Waals surface area (Å²) in [6.45, 7) is 4.11. The topological polar surface area (TPSA) is 75.9 Å². The van der Waals surface area contributed by atoms with E-state index in [-0.39, 0.29) is 23.9 Å². The van der Waals surface area contributed by atoms with Crippen molar-refractivity contribution >= 4 is 11.8 Å². The Kier molecular flexibility index (Phi) is 4.70. The Bertz CT molecular complexity index is 827. The maximum absolute atomic E-state index is 13.0. The van der Waals surface area contributed by atoms with E-state index in [0.29, 0.717) is 45.0 Å². The van der Waals surface area contributed by atoms with Crippen LogP contribution in [-0.2, 0) is 16.1 Å². The zero-order chi connectivity index (χ0) is 18.9. The molecule has 2 aliphatic rings. The molecule has 7 nitrogen and oxygen atoms in total. The molecule has 1 aromatic heterocycles. The molecule has 1 unspecified atom stereocenters. The monoisotopic (exact) mass is 369 g/mol. The molecule has 0 aliphatic carbocycles. The molecular weight excluding hydrogens is 346 g/mol. The molecule has 2 fully saturated rings. The average Bonchev–Trinajstić information content (AvgIpc) is 3.30. The Hall–Kier alpha value is -2.67. The van der Waals surface area contributed by atoms with Gasteiger partial charge in [-0.2, -0.15) is 0 Å². The maximum atomic E-state index is 13.0. The van der Waals surface area contributed by atoms with E-state index in [1.54, 1.807) is 17.9 Å². The van der Waals surface area contributed by atoms with Gasteiger partial charge in [0.1, 0.15) is 5.76 Å². The first-order valence-electron chi connectivity index (χ1n) is 9.22. The second-order valence-corrected chi connectivity index (χ2v) is 7.29. The van der Waals surface area contributed by atoms with Gasteiger partial charge in [0.15, 0.2) is 5.69 Å². The number of hydrogen-bond acceptors (Lipinski definition) is 5. The van der Waals surface area contributed by atoms with Gasteiger partial charge >= 0.3 is 0 Å².